The van der Waals surface area contributed by atoms with Crippen LogP contribution in [0.1, 0.15) is 11.1 Å². The first-order chi connectivity index (χ1) is 10.4. The Hall–Kier alpha value is -1.82. The van der Waals surface area contributed by atoms with E-state index in [1.54, 1.807) is 48.5 Å². The third-order valence-electron chi connectivity index (χ3n) is 2.86. The lowest BCUT2D eigenvalue weighted by atomic mass is 10.1. The van der Waals surface area contributed by atoms with E-state index in [-0.39, 0.29) is 13.0 Å². The van der Waals surface area contributed by atoms with Gasteiger partial charge in [0.2, 0.25) is 0 Å². The number of alkyl halides is 3. The number of rotatable bonds is 5. The van der Waals surface area contributed by atoms with Gasteiger partial charge in [-0.25, -0.2) is 0 Å². The fraction of sp³-hybridized carbons (Fsp3) is 0.188. The van der Waals surface area contributed by atoms with E-state index in [1.165, 1.54) is 0 Å². The number of hydrogen-bond donors (Lipinski definition) is 0. The zero-order valence-corrected chi connectivity index (χ0v) is 13.1. The Labute approximate surface area is 134 Å². The molecule has 0 aromatic heterocycles. The molecule has 116 valence electrons. The maximum Gasteiger partial charge on any atom is 0.433 e. The lowest BCUT2D eigenvalue weighted by Crippen LogP contribution is -2.25. The van der Waals surface area contributed by atoms with Gasteiger partial charge in [-0.15, -0.1) is 0 Å². The summed E-state index contributed by atoms with van der Waals surface area (Å²) in [6, 6.07) is 15.5. The number of benzene rings is 2. The van der Waals surface area contributed by atoms with Crippen LogP contribution in [0.2, 0.25) is 0 Å². The van der Waals surface area contributed by atoms with Crippen molar-refractivity contribution in [1.82, 2.24) is 0 Å². The molecule has 0 heterocycles. The summed E-state index contributed by atoms with van der Waals surface area (Å²) in [5, 5.41) is 3.29. The fourth-order valence-corrected chi connectivity index (χ4v) is 2.00. The highest BCUT2D eigenvalue weighted by Crippen LogP contribution is 2.21. The summed E-state index contributed by atoms with van der Waals surface area (Å²) < 4.78 is 39.8. The molecule has 2 aromatic carbocycles. The minimum absolute atomic E-state index is 0.000752. The van der Waals surface area contributed by atoms with Crippen molar-refractivity contribution in [2.24, 2.45) is 5.16 Å². The van der Waals surface area contributed by atoms with Crippen molar-refractivity contribution in [3.8, 4) is 0 Å². The summed E-state index contributed by atoms with van der Waals surface area (Å²) in [6.07, 6.45) is -4.85. The summed E-state index contributed by atoms with van der Waals surface area (Å²) in [6.45, 7) is 0.000752. The molecule has 2 rings (SSSR count). The van der Waals surface area contributed by atoms with Crippen LogP contribution in [0.25, 0.3) is 0 Å². The third-order valence-corrected chi connectivity index (χ3v) is 3.39. The minimum atomic E-state index is -4.52. The first kappa shape index (κ1) is 16.5. The van der Waals surface area contributed by atoms with Crippen molar-refractivity contribution < 1.29 is 18.0 Å². The standard InChI is InChI=1S/C16H13BrF3NO/c17-14-8-6-12(7-9-14)10-15(16(18,19)20)21-22-11-13-4-2-1-3-5-13/h1-9H,10-11H2/b21-15-. The quantitative estimate of drug-likeness (QED) is 0.527. The zero-order valence-electron chi connectivity index (χ0n) is 11.5. The molecule has 0 unspecified atom stereocenters. The van der Waals surface area contributed by atoms with E-state index in [2.05, 4.69) is 21.1 Å². The van der Waals surface area contributed by atoms with Gasteiger partial charge in [-0.3, -0.25) is 0 Å². The number of oxime groups is 1. The molecule has 2 nitrogen and oxygen atoms in total. The molecule has 0 aliphatic rings. The average molecular weight is 372 g/mol. The van der Waals surface area contributed by atoms with Gasteiger partial charge in [0, 0.05) is 10.9 Å². The van der Waals surface area contributed by atoms with Crippen LogP contribution in [0.15, 0.2) is 64.2 Å². The van der Waals surface area contributed by atoms with Crippen molar-refractivity contribution in [3.63, 3.8) is 0 Å². The molecule has 0 spiro atoms. The Morgan fingerprint density at radius 1 is 0.955 bits per heavy atom. The van der Waals surface area contributed by atoms with Crippen LogP contribution in [0.4, 0.5) is 13.2 Å². The summed E-state index contributed by atoms with van der Waals surface area (Å²) in [4.78, 5) is 4.86. The molecule has 0 aliphatic carbocycles. The van der Waals surface area contributed by atoms with Crippen LogP contribution < -0.4 is 0 Å². The van der Waals surface area contributed by atoms with Crippen molar-refractivity contribution in [1.29, 1.82) is 0 Å². The molecular formula is C16H13BrF3NO. The zero-order chi connectivity index (χ0) is 16.0. The highest BCUT2D eigenvalue weighted by molar-refractivity contribution is 9.10. The molecule has 0 fully saturated rings. The third kappa shape index (κ3) is 5.18. The molecule has 0 saturated carbocycles. The van der Waals surface area contributed by atoms with Gasteiger partial charge in [0.05, 0.1) is 0 Å². The maximum atomic E-state index is 13.0. The van der Waals surface area contributed by atoms with Crippen LogP contribution in [0, 0.1) is 0 Å². The van der Waals surface area contributed by atoms with Crippen LogP contribution in [0.3, 0.4) is 0 Å². The van der Waals surface area contributed by atoms with Crippen LogP contribution >= 0.6 is 15.9 Å². The highest BCUT2D eigenvalue weighted by Gasteiger charge is 2.36. The van der Waals surface area contributed by atoms with E-state index < -0.39 is 11.9 Å². The van der Waals surface area contributed by atoms with E-state index in [9.17, 15) is 13.2 Å². The molecule has 22 heavy (non-hydrogen) atoms. The molecule has 2 aromatic rings. The van der Waals surface area contributed by atoms with Crippen molar-refractivity contribution in [2.75, 3.05) is 0 Å². The Bertz CT molecular complexity index is 624. The van der Waals surface area contributed by atoms with E-state index in [0.29, 0.717) is 5.56 Å². The Morgan fingerprint density at radius 3 is 2.18 bits per heavy atom. The van der Waals surface area contributed by atoms with Gasteiger partial charge in [0.25, 0.3) is 0 Å². The average Bonchev–Trinajstić information content (AvgIpc) is 2.48. The smallest absolute Gasteiger partial charge is 0.391 e. The van der Waals surface area contributed by atoms with Crippen molar-refractivity contribution in [2.45, 2.75) is 19.2 Å². The van der Waals surface area contributed by atoms with E-state index in [4.69, 9.17) is 4.84 Å². The summed E-state index contributed by atoms with van der Waals surface area (Å²) in [7, 11) is 0. The van der Waals surface area contributed by atoms with Gasteiger partial charge in [0.1, 0.15) is 6.61 Å². The van der Waals surface area contributed by atoms with Gasteiger partial charge in [-0.05, 0) is 23.3 Å². The maximum absolute atomic E-state index is 13.0. The Balaban J connectivity index is 2.05. The molecule has 0 aliphatic heterocycles. The second-order valence-corrected chi connectivity index (χ2v) is 5.51. The first-order valence-corrected chi connectivity index (χ1v) is 7.29. The summed E-state index contributed by atoms with van der Waals surface area (Å²) in [5.41, 5.74) is 0.324. The Kier molecular flexibility index (Phi) is 5.60. The highest BCUT2D eigenvalue weighted by atomic mass is 79.9. The topological polar surface area (TPSA) is 21.6 Å². The normalized spacial score (nSPS) is 12.3. The van der Waals surface area contributed by atoms with Crippen molar-refractivity contribution >= 4 is 21.6 Å². The lowest BCUT2D eigenvalue weighted by Gasteiger charge is -2.10. The molecule has 6 heteroatoms. The van der Waals surface area contributed by atoms with Crippen LogP contribution in [-0.4, -0.2) is 11.9 Å². The van der Waals surface area contributed by atoms with E-state index in [1.807, 2.05) is 6.07 Å². The van der Waals surface area contributed by atoms with E-state index >= 15 is 0 Å². The van der Waals surface area contributed by atoms with Crippen molar-refractivity contribution in [3.05, 3.63) is 70.2 Å². The van der Waals surface area contributed by atoms with Gasteiger partial charge < -0.3 is 4.84 Å². The molecule has 0 bridgehead atoms. The molecular weight excluding hydrogens is 359 g/mol. The monoisotopic (exact) mass is 371 g/mol. The van der Waals surface area contributed by atoms with Gasteiger partial charge >= 0.3 is 6.18 Å². The summed E-state index contributed by atoms with van der Waals surface area (Å²) in [5.74, 6) is 0. The molecule has 0 atom stereocenters. The first-order valence-electron chi connectivity index (χ1n) is 6.49. The predicted molar refractivity (Wildman–Crippen MR) is 82.6 cm³/mol. The minimum Gasteiger partial charge on any atom is -0.391 e. The molecule has 0 N–H and O–H groups in total. The molecule has 0 radical (unpaired) electrons. The van der Waals surface area contributed by atoms with Gasteiger partial charge in [-0.1, -0.05) is 63.6 Å². The van der Waals surface area contributed by atoms with Gasteiger partial charge in [0.15, 0.2) is 5.71 Å². The van der Waals surface area contributed by atoms with Crippen LogP contribution in [0.5, 0.6) is 0 Å². The van der Waals surface area contributed by atoms with Crippen LogP contribution in [-0.2, 0) is 17.9 Å². The number of hydrogen-bond acceptors (Lipinski definition) is 2. The van der Waals surface area contributed by atoms with E-state index in [0.717, 1.165) is 10.0 Å². The SMILES string of the molecule is FC(F)(F)/C(Cc1ccc(Br)cc1)=N\OCc1ccccc1. The number of halogens is 4. The number of nitrogens with zero attached hydrogens (tertiary/aromatic N) is 1. The second kappa shape index (κ2) is 7.45. The van der Waals surface area contributed by atoms with Gasteiger partial charge in [-0.2, -0.15) is 13.2 Å². The Morgan fingerprint density at radius 2 is 1.59 bits per heavy atom. The largest absolute Gasteiger partial charge is 0.433 e. The second-order valence-electron chi connectivity index (χ2n) is 4.60. The molecule has 0 saturated heterocycles. The lowest BCUT2D eigenvalue weighted by molar-refractivity contribution is -0.0640. The predicted octanol–water partition coefficient (Wildman–Crippen LogP) is 5.13. The summed E-state index contributed by atoms with van der Waals surface area (Å²) >= 11 is 3.24. The molecule has 0 amide bonds. The fourth-order valence-electron chi connectivity index (χ4n) is 1.74.